The summed E-state index contributed by atoms with van der Waals surface area (Å²) in [7, 11) is 0. The Labute approximate surface area is 215 Å². The van der Waals surface area contributed by atoms with Crippen LogP contribution in [-0.4, -0.2) is 47.6 Å². The molecule has 0 bridgehead atoms. The molecule has 0 amide bonds. The highest BCUT2D eigenvalue weighted by atomic mass is 32.1. The van der Waals surface area contributed by atoms with E-state index in [-0.39, 0.29) is 6.10 Å². The van der Waals surface area contributed by atoms with Gasteiger partial charge >= 0.3 is 6.18 Å². The van der Waals surface area contributed by atoms with E-state index in [1.54, 1.807) is 0 Å². The number of thiocarbonyl (C=S) groups is 1. The average molecular weight is 514 g/mol. The Hall–Kier alpha value is -3.10. The van der Waals surface area contributed by atoms with E-state index in [4.69, 9.17) is 17.0 Å². The van der Waals surface area contributed by atoms with Gasteiger partial charge in [-0.05, 0) is 47.6 Å². The maximum absolute atomic E-state index is 12.9. The summed E-state index contributed by atoms with van der Waals surface area (Å²) in [6.07, 6.45) is -3.89. The zero-order chi connectivity index (χ0) is 25.4. The van der Waals surface area contributed by atoms with E-state index in [0.29, 0.717) is 12.3 Å². The maximum atomic E-state index is 12.9. The van der Waals surface area contributed by atoms with Crippen LogP contribution in [0.5, 0.6) is 5.75 Å². The Morgan fingerprint density at radius 1 is 0.861 bits per heavy atom. The number of nitrogens with zero attached hydrogens (tertiary/aromatic N) is 2. The third kappa shape index (κ3) is 7.45. The van der Waals surface area contributed by atoms with Crippen molar-refractivity contribution in [3.63, 3.8) is 0 Å². The van der Waals surface area contributed by atoms with Gasteiger partial charge in [0.15, 0.2) is 5.11 Å². The number of rotatable bonds is 8. The van der Waals surface area contributed by atoms with Gasteiger partial charge < -0.3 is 15.0 Å². The lowest BCUT2D eigenvalue weighted by molar-refractivity contribution is -0.137. The summed E-state index contributed by atoms with van der Waals surface area (Å²) in [5, 5.41) is 4.11. The molecule has 4 nitrogen and oxygen atoms in total. The van der Waals surface area contributed by atoms with E-state index in [2.05, 4.69) is 27.2 Å². The molecule has 1 N–H and O–H groups in total. The zero-order valence-corrected chi connectivity index (χ0v) is 20.8. The quantitative estimate of drug-likeness (QED) is 0.378. The van der Waals surface area contributed by atoms with Gasteiger partial charge in [-0.15, -0.1) is 0 Å². The van der Waals surface area contributed by atoms with E-state index in [9.17, 15) is 13.2 Å². The van der Waals surface area contributed by atoms with Crippen molar-refractivity contribution in [1.29, 1.82) is 0 Å². The third-order valence-electron chi connectivity index (χ3n) is 6.28. The van der Waals surface area contributed by atoms with Gasteiger partial charge in [0.1, 0.15) is 11.9 Å². The van der Waals surface area contributed by atoms with Crippen LogP contribution in [0.1, 0.15) is 29.2 Å². The Balaban J connectivity index is 1.29. The minimum atomic E-state index is -4.36. The van der Waals surface area contributed by atoms with Crippen LogP contribution < -0.4 is 10.1 Å². The molecule has 36 heavy (non-hydrogen) atoms. The molecule has 0 saturated carbocycles. The summed E-state index contributed by atoms with van der Waals surface area (Å²) < 4.78 is 44.9. The predicted octanol–water partition coefficient (Wildman–Crippen LogP) is 5.91. The summed E-state index contributed by atoms with van der Waals surface area (Å²) in [4.78, 5) is 4.57. The predicted molar refractivity (Wildman–Crippen MR) is 140 cm³/mol. The molecule has 1 saturated heterocycles. The normalized spacial score (nSPS) is 15.4. The molecule has 8 heteroatoms. The second-order valence-electron chi connectivity index (χ2n) is 8.80. The van der Waals surface area contributed by atoms with Crippen molar-refractivity contribution in [1.82, 2.24) is 15.1 Å². The van der Waals surface area contributed by atoms with E-state index >= 15 is 0 Å². The molecule has 3 aromatic carbocycles. The van der Waals surface area contributed by atoms with Crippen LogP contribution in [0, 0.1) is 0 Å². The molecular formula is C28H30F3N3OS. The standard InChI is InChI=1S/C28H30F3N3OS/c29-28(30,31)24-11-13-25(14-12-24)35-26(23-9-5-2-6-10-23)15-16-33-17-19-34(20-18-33)27(36)32-21-22-7-3-1-4-8-22/h1-14,26H,15-21H2,(H,32,36). The highest BCUT2D eigenvalue weighted by Gasteiger charge is 2.30. The smallest absolute Gasteiger partial charge is 0.416 e. The van der Waals surface area contributed by atoms with Crippen molar-refractivity contribution in [2.45, 2.75) is 25.2 Å². The van der Waals surface area contributed by atoms with Gasteiger partial charge in [0.05, 0.1) is 5.56 Å². The summed E-state index contributed by atoms with van der Waals surface area (Å²) in [5.74, 6) is 0.427. The number of hydrogen-bond acceptors (Lipinski definition) is 3. The van der Waals surface area contributed by atoms with Gasteiger partial charge in [0, 0.05) is 45.7 Å². The molecule has 1 unspecified atom stereocenters. The van der Waals surface area contributed by atoms with Crippen molar-refractivity contribution in [2.75, 3.05) is 32.7 Å². The fraction of sp³-hybridized carbons (Fsp3) is 0.321. The first-order valence-electron chi connectivity index (χ1n) is 12.1. The Bertz CT molecular complexity index is 1090. The monoisotopic (exact) mass is 513 g/mol. The van der Waals surface area contributed by atoms with Crippen LogP contribution in [-0.2, 0) is 12.7 Å². The van der Waals surface area contributed by atoms with Gasteiger partial charge in [-0.3, -0.25) is 4.90 Å². The van der Waals surface area contributed by atoms with Crippen molar-refractivity contribution >= 4 is 17.3 Å². The molecule has 0 aromatic heterocycles. The van der Waals surface area contributed by atoms with Crippen LogP contribution in [0.2, 0.25) is 0 Å². The molecule has 3 aromatic rings. The van der Waals surface area contributed by atoms with Gasteiger partial charge in [-0.1, -0.05) is 60.7 Å². The minimum absolute atomic E-state index is 0.255. The largest absolute Gasteiger partial charge is 0.486 e. The molecule has 190 valence electrons. The van der Waals surface area contributed by atoms with E-state index in [0.717, 1.165) is 62.0 Å². The lowest BCUT2D eigenvalue weighted by Gasteiger charge is -2.36. The summed E-state index contributed by atoms with van der Waals surface area (Å²) in [6.45, 7) is 4.98. The first-order chi connectivity index (χ1) is 17.4. The number of benzene rings is 3. The van der Waals surface area contributed by atoms with E-state index < -0.39 is 11.7 Å². The highest BCUT2D eigenvalue weighted by Crippen LogP contribution is 2.32. The number of halogens is 3. The first-order valence-corrected chi connectivity index (χ1v) is 12.5. The van der Waals surface area contributed by atoms with Gasteiger partial charge in [0.25, 0.3) is 0 Å². The number of ether oxygens (including phenoxy) is 1. The molecule has 1 heterocycles. The number of nitrogens with one attached hydrogen (secondary N) is 1. The van der Waals surface area contributed by atoms with Crippen LogP contribution in [0.3, 0.4) is 0 Å². The molecule has 0 aliphatic carbocycles. The first kappa shape index (κ1) is 26.0. The number of alkyl halides is 3. The second kappa shape index (κ2) is 12.2. The topological polar surface area (TPSA) is 27.7 Å². The van der Waals surface area contributed by atoms with Crippen LogP contribution in [0.15, 0.2) is 84.9 Å². The summed E-state index contributed by atoms with van der Waals surface area (Å²) in [5.41, 5.74) is 1.51. The van der Waals surface area contributed by atoms with E-state index in [1.165, 1.54) is 17.7 Å². The lowest BCUT2D eigenvalue weighted by Crippen LogP contribution is -2.51. The van der Waals surface area contributed by atoms with Crippen LogP contribution >= 0.6 is 12.2 Å². The molecule has 1 atom stereocenters. The lowest BCUT2D eigenvalue weighted by atomic mass is 10.1. The SMILES string of the molecule is FC(F)(F)c1ccc(OC(CCN2CCN(C(=S)NCc3ccccc3)CC2)c2ccccc2)cc1. The van der Waals surface area contributed by atoms with Gasteiger partial charge in [-0.25, -0.2) is 0 Å². The van der Waals surface area contributed by atoms with E-state index in [1.807, 2.05) is 48.5 Å². The molecule has 0 radical (unpaired) electrons. The van der Waals surface area contributed by atoms with Crippen LogP contribution in [0.25, 0.3) is 0 Å². The maximum Gasteiger partial charge on any atom is 0.416 e. The molecule has 1 fully saturated rings. The zero-order valence-electron chi connectivity index (χ0n) is 20.0. The molecule has 1 aliphatic heterocycles. The number of piperazine rings is 1. The van der Waals surface area contributed by atoms with Gasteiger partial charge in [-0.2, -0.15) is 13.2 Å². The Morgan fingerprint density at radius 3 is 2.08 bits per heavy atom. The fourth-order valence-corrected chi connectivity index (χ4v) is 4.46. The van der Waals surface area contributed by atoms with Crippen molar-refractivity contribution in [2.24, 2.45) is 0 Å². The molecule has 1 aliphatic rings. The van der Waals surface area contributed by atoms with Crippen molar-refractivity contribution in [3.8, 4) is 5.75 Å². The Kier molecular flexibility index (Phi) is 8.83. The van der Waals surface area contributed by atoms with Crippen molar-refractivity contribution in [3.05, 3.63) is 102 Å². The Morgan fingerprint density at radius 2 is 1.47 bits per heavy atom. The fourth-order valence-electron chi connectivity index (χ4n) is 4.21. The minimum Gasteiger partial charge on any atom is -0.486 e. The molecular weight excluding hydrogens is 483 g/mol. The van der Waals surface area contributed by atoms with Crippen molar-refractivity contribution < 1.29 is 17.9 Å². The van der Waals surface area contributed by atoms with Crippen LogP contribution in [0.4, 0.5) is 13.2 Å². The number of hydrogen-bond donors (Lipinski definition) is 1. The molecule has 4 rings (SSSR count). The van der Waals surface area contributed by atoms with Gasteiger partial charge in [0.2, 0.25) is 0 Å². The summed E-state index contributed by atoms with van der Waals surface area (Å²) >= 11 is 5.59. The third-order valence-corrected chi connectivity index (χ3v) is 6.69. The highest BCUT2D eigenvalue weighted by molar-refractivity contribution is 7.80. The second-order valence-corrected chi connectivity index (χ2v) is 9.19. The summed E-state index contributed by atoms with van der Waals surface area (Å²) in [6, 6.07) is 24.9. The molecule has 0 spiro atoms. The average Bonchev–Trinajstić information content (AvgIpc) is 2.91.